The van der Waals surface area contributed by atoms with Gasteiger partial charge in [-0.2, -0.15) is 4.68 Å². The number of nitrogens with zero attached hydrogens (tertiary/aromatic N) is 4. The number of thioether (sulfide) groups is 1. The van der Waals surface area contributed by atoms with Crippen molar-refractivity contribution in [3.05, 3.63) is 59.2 Å². The number of aryl methyl sites for hydroxylation is 2. The number of benzene rings is 2. The van der Waals surface area contributed by atoms with E-state index in [1.54, 1.807) is 36.1 Å². The molecule has 3 aromatic rings. The first-order valence-corrected chi connectivity index (χ1v) is 9.63. The third kappa shape index (κ3) is 4.03. The zero-order chi connectivity index (χ0) is 19.4. The monoisotopic (exact) mass is 382 g/mol. The molecular formula is C20H22N4O2S. The third-order valence-corrected chi connectivity index (χ3v) is 5.67. The quantitative estimate of drug-likeness (QED) is 0.454. The van der Waals surface area contributed by atoms with Gasteiger partial charge in [0.15, 0.2) is 5.78 Å². The van der Waals surface area contributed by atoms with E-state index in [0.29, 0.717) is 17.1 Å². The Kier molecular flexibility index (Phi) is 5.91. The van der Waals surface area contributed by atoms with E-state index in [0.717, 1.165) is 22.6 Å². The normalized spacial score (nSPS) is 12.0. The van der Waals surface area contributed by atoms with Gasteiger partial charge in [0.1, 0.15) is 5.75 Å². The van der Waals surface area contributed by atoms with Crippen LogP contribution in [0.1, 0.15) is 34.8 Å². The highest BCUT2D eigenvalue weighted by Crippen LogP contribution is 2.29. The molecule has 27 heavy (non-hydrogen) atoms. The van der Waals surface area contributed by atoms with Crippen molar-refractivity contribution in [2.45, 2.75) is 37.6 Å². The molecule has 6 nitrogen and oxygen atoms in total. The fourth-order valence-electron chi connectivity index (χ4n) is 2.92. The van der Waals surface area contributed by atoms with E-state index in [-0.39, 0.29) is 11.0 Å². The highest BCUT2D eigenvalue weighted by Gasteiger charge is 2.24. The molecule has 1 heterocycles. The summed E-state index contributed by atoms with van der Waals surface area (Å²) in [4.78, 5) is 12.9. The number of ether oxygens (including phenoxy) is 1. The molecule has 3 rings (SSSR count). The Hall–Kier alpha value is -2.67. The summed E-state index contributed by atoms with van der Waals surface area (Å²) in [6.45, 7) is 6.04. The standard InChI is InChI=1S/C20H22N4O2S/c1-5-17(19(25)15-9-11-16(26-4)12-10-15)27-20-21-22-23-24(20)18-13(2)7-6-8-14(18)3/h6-12,17H,5H2,1-4H3. The number of ketones is 1. The molecule has 1 unspecified atom stereocenters. The molecule has 0 saturated heterocycles. The van der Waals surface area contributed by atoms with Gasteiger partial charge >= 0.3 is 0 Å². The van der Waals surface area contributed by atoms with Crippen molar-refractivity contribution < 1.29 is 9.53 Å². The minimum atomic E-state index is -0.271. The van der Waals surface area contributed by atoms with E-state index in [2.05, 4.69) is 15.5 Å². The molecule has 0 spiro atoms. The van der Waals surface area contributed by atoms with Crippen LogP contribution in [0.4, 0.5) is 0 Å². The second-order valence-electron chi connectivity index (χ2n) is 6.22. The van der Waals surface area contributed by atoms with Crippen LogP contribution in [-0.4, -0.2) is 38.4 Å². The maximum Gasteiger partial charge on any atom is 0.214 e. The summed E-state index contributed by atoms with van der Waals surface area (Å²) < 4.78 is 6.88. The Morgan fingerprint density at radius 3 is 2.41 bits per heavy atom. The highest BCUT2D eigenvalue weighted by molar-refractivity contribution is 8.00. The SMILES string of the molecule is CCC(Sc1nnnn1-c1c(C)cccc1C)C(=O)c1ccc(OC)cc1. The van der Waals surface area contributed by atoms with Gasteiger partial charge in [-0.15, -0.1) is 5.10 Å². The van der Waals surface area contributed by atoms with Gasteiger partial charge in [0, 0.05) is 5.56 Å². The number of methoxy groups -OCH3 is 1. The number of hydrogen-bond donors (Lipinski definition) is 0. The molecule has 2 aromatic carbocycles. The van der Waals surface area contributed by atoms with Gasteiger partial charge in [0.25, 0.3) is 0 Å². The predicted octanol–water partition coefficient (Wildman–Crippen LogP) is 4.04. The summed E-state index contributed by atoms with van der Waals surface area (Å²) in [5.74, 6) is 0.785. The molecule has 0 bridgehead atoms. The van der Waals surface area contributed by atoms with Gasteiger partial charge in [-0.1, -0.05) is 36.9 Å². The van der Waals surface area contributed by atoms with Gasteiger partial charge in [0.05, 0.1) is 18.0 Å². The summed E-state index contributed by atoms with van der Waals surface area (Å²) in [5, 5.41) is 12.5. The number of rotatable bonds is 7. The van der Waals surface area contributed by atoms with E-state index in [1.807, 2.05) is 39.0 Å². The molecule has 0 aliphatic heterocycles. The Bertz CT molecular complexity index is 917. The number of carbonyl (C=O) groups excluding carboxylic acids is 1. The third-order valence-electron chi connectivity index (χ3n) is 4.38. The minimum Gasteiger partial charge on any atom is -0.497 e. The zero-order valence-corrected chi connectivity index (χ0v) is 16.7. The lowest BCUT2D eigenvalue weighted by Gasteiger charge is -2.15. The molecular weight excluding hydrogens is 360 g/mol. The van der Waals surface area contributed by atoms with Crippen molar-refractivity contribution >= 4 is 17.5 Å². The molecule has 0 N–H and O–H groups in total. The second kappa shape index (κ2) is 8.35. The zero-order valence-electron chi connectivity index (χ0n) is 15.8. The number of hydrogen-bond acceptors (Lipinski definition) is 6. The minimum absolute atomic E-state index is 0.0567. The highest BCUT2D eigenvalue weighted by atomic mass is 32.2. The lowest BCUT2D eigenvalue weighted by Crippen LogP contribution is -2.17. The Labute approximate surface area is 162 Å². The second-order valence-corrected chi connectivity index (χ2v) is 7.39. The summed E-state index contributed by atoms with van der Waals surface area (Å²) >= 11 is 1.39. The smallest absolute Gasteiger partial charge is 0.214 e. The van der Waals surface area contributed by atoms with Crippen LogP contribution in [0.5, 0.6) is 5.75 Å². The van der Waals surface area contributed by atoms with Crippen LogP contribution in [0.15, 0.2) is 47.6 Å². The summed E-state index contributed by atoms with van der Waals surface area (Å²) in [5.41, 5.74) is 3.77. The van der Waals surface area contributed by atoms with Crippen LogP contribution in [0.25, 0.3) is 5.69 Å². The molecule has 140 valence electrons. The number of para-hydroxylation sites is 1. The van der Waals surface area contributed by atoms with Gasteiger partial charge in [0.2, 0.25) is 5.16 Å². The summed E-state index contributed by atoms with van der Waals surface area (Å²) in [7, 11) is 1.61. The molecule has 1 atom stereocenters. The number of aromatic nitrogens is 4. The van der Waals surface area contributed by atoms with Crippen LogP contribution in [0, 0.1) is 13.8 Å². The van der Waals surface area contributed by atoms with E-state index < -0.39 is 0 Å². The average Bonchev–Trinajstić information content (AvgIpc) is 3.13. The van der Waals surface area contributed by atoms with E-state index >= 15 is 0 Å². The average molecular weight is 382 g/mol. The van der Waals surface area contributed by atoms with Crippen molar-refractivity contribution in [3.8, 4) is 11.4 Å². The maximum absolute atomic E-state index is 12.9. The molecule has 0 amide bonds. The first-order valence-electron chi connectivity index (χ1n) is 8.75. The first kappa shape index (κ1) is 19.1. The fourth-order valence-corrected chi connectivity index (χ4v) is 3.90. The number of Topliss-reactive ketones (excluding diaryl/α,β-unsaturated/α-hetero) is 1. The summed E-state index contributed by atoms with van der Waals surface area (Å²) in [6.07, 6.45) is 0.676. The van der Waals surface area contributed by atoms with E-state index in [4.69, 9.17) is 4.74 Å². The van der Waals surface area contributed by atoms with Crippen LogP contribution in [0.3, 0.4) is 0 Å². The lowest BCUT2D eigenvalue weighted by atomic mass is 10.1. The molecule has 0 aliphatic rings. The molecule has 0 saturated carbocycles. The van der Waals surface area contributed by atoms with Gasteiger partial charge < -0.3 is 4.74 Å². The molecule has 1 aromatic heterocycles. The molecule has 0 aliphatic carbocycles. The molecule has 7 heteroatoms. The Morgan fingerprint density at radius 2 is 1.81 bits per heavy atom. The Morgan fingerprint density at radius 1 is 1.15 bits per heavy atom. The fraction of sp³-hybridized carbons (Fsp3) is 0.300. The first-order chi connectivity index (χ1) is 13.0. The maximum atomic E-state index is 12.9. The molecule has 0 fully saturated rings. The van der Waals surface area contributed by atoms with Gasteiger partial charge in [-0.25, -0.2) is 0 Å². The van der Waals surface area contributed by atoms with Crippen LogP contribution in [0.2, 0.25) is 0 Å². The van der Waals surface area contributed by atoms with Crippen LogP contribution >= 0.6 is 11.8 Å². The van der Waals surface area contributed by atoms with Gasteiger partial charge in [-0.3, -0.25) is 4.79 Å². The summed E-state index contributed by atoms with van der Waals surface area (Å²) in [6, 6.07) is 13.2. The largest absolute Gasteiger partial charge is 0.497 e. The van der Waals surface area contributed by atoms with Gasteiger partial charge in [-0.05, 0) is 66.1 Å². The number of tetrazole rings is 1. The van der Waals surface area contributed by atoms with Crippen molar-refractivity contribution in [1.82, 2.24) is 20.2 Å². The van der Waals surface area contributed by atoms with E-state index in [1.165, 1.54) is 11.8 Å². The number of carbonyl (C=O) groups is 1. The van der Waals surface area contributed by atoms with Crippen LogP contribution in [-0.2, 0) is 0 Å². The topological polar surface area (TPSA) is 69.9 Å². The van der Waals surface area contributed by atoms with Crippen molar-refractivity contribution in [1.29, 1.82) is 0 Å². The van der Waals surface area contributed by atoms with Crippen molar-refractivity contribution in [2.75, 3.05) is 7.11 Å². The van der Waals surface area contributed by atoms with Crippen molar-refractivity contribution in [2.24, 2.45) is 0 Å². The van der Waals surface area contributed by atoms with Crippen LogP contribution < -0.4 is 4.74 Å². The predicted molar refractivity (Wildman–Crippen MR) is 106 cm³/mol. The Balaban J connectivity index is 1.87. The van der Waals surface area contributed by atoms with E-state index in [9.17, 15) is 4.79 Å². The molecule has 0 radical (unpaired) electrons. The lowest BCUT2D eigenvalue weighted by molar-refractivity contribution is 0.0988. The van der Waals surface area contributed by atoms with Crippen molar-refractivity contribution in [3.63, 3.8) is 0 Å².